The Balaban J connectivity index is 1.85. The van der Waals surface area contributed by atoms with Crippen molar-refractivity contribution in [2.45, 2.75) is 53.4 Å². The van der Waals surface area contributed by atoms with E-state index in [0.717, 1.165) is 30.9 Å². The number of carbonyl (C=O) groups is 1. The molecule has 1 aliphatic rings. The van der Waals surface area contributed by atoms with E-state index in [0.29, 0.717) is 5.69 Å². The third kappa shape index (κ3) is 5.19. The van der Waals surface area contributed by atoms with Gasteiger partial charge in [0.2, 0.25) is 11.9 Å². The van der Waals surface area contributed by atoms with Gasteiger partial charge in [0.05, 0.1) is 18.1 Å². The second-order valence-electron chi connectivity index (χ2n) is 7.10. The van der Waals surface area contributed by atoms with Gasteiger partial charge in [0.25, 0.3) is 0 Å². The number of amides is 1. The number of rotatable bonds is 6. The van der Waals surface area contributed by atoms with E-state index in [1.54, 1.807) is 12.4 Å². The lowest BCUT2D eigenvalue weighted by molar-refractivity contribution is -0.118. The van der Waals surface area contributed by atoms with E-state index in [4.69, 9.17) is 0 Å². The van der Waals surface area contributed by atoms with Gasteiger partial charge in [-0.25, -0.2) is 9.97 Å². The van der Waals surface area contributed by atoms with Gasteiger partial charge in [0.15, 0.2) is 0 Å². The molecule has 1 fully saturated rings. The number of carbonyl (C=O) groups excluding carboxylic acids is 1. The minimum atomic E-state index is -0.0424. The molecule has 1 aliphatic heterocycles. The molecule has 5 nitrogen and oxygen atoms in total. The topological polar surface area (TPSA) is 58.1 Å². The monoisotopic (exact) mass is 318 g/mol. The van der Waals surface area contributed by atoms with Crippen LogP contribution in [0.4, 0.5) is 11.6 Å². The van der Waals surface area contributed by atoms with Crippen molar-refractivity contribution in [3.05, 3.63) is 12.4 Å². The number of hydrogen-bond acceptors (Lipinski definition) is 4. The highest BCUT2D eigenvalue weighted by Gasteiger charge is 2.22. The van der Waals surface area contributed by atoms with Crippen LogP contribution >= 0.6 is 0 Å². The average Bonchev–Trinajstić information content (AvgIpc) is 2.56. The van der Waals surface area contributed by atoms with E-state index in [9.17, 15) is 4.79 Å². The number of aromatic nitrogens is 2. The maximum atomic E-state index is 11.7. The predicted octanol–water partition coefficient (Wildman–Crippen LogP) is 3.72. The summed E-state index contributed by atoms with van der Waals surface area (Å²) in [5.41, 5.74) is 0.666. The molecule has 1 aromatic heterocycles. The summed E-state index contributed by atoms with van der Waals surface area (Å²) in [4.78, 5) is 22.8. The van der Waals surface area contributed by atoms with Crippen LogP contribution in [0.1, 0.15) is 53.4 Å². The molecule has 0 aromatic carbocycles. The van der Waals surface area contributed by atoms with Crippen LogP contribution in [0.3, 0.4) is 0 Å². The molecule has 0 bridgehead atoms. The molecule has 5 heteroatoms. The Morgan fingerprint density at radius 1 is 1.26 bits per heavy atom. The lowest BCUT2D eigenvalue weighted by atomic mass is 9.87. The number of anilines is 2. The van der Waals surface area contributed by atoms with Crippen molar-refractivity contribution in [2.24, 2.45) is 17.8 Å². The SMILES string of the molecule is CCC(C)CC1CCN(c2ncc(NC(=O)C(C)C)cn2)CC1. The second kappa shape index (κ2) is 8.27. The Hall–Kier alpha value is -1.65. The lowest BCUT2D eigenvalue weighted by Gasteiger charge is -2.33. The molecule has 1 saturated heterocycles. The number of piperidine rings is 1. The molecule has 1 atom stereocenters. The highest BCUT2D eigenvalue weighted by molar-refractivity contribution is 5.91. The zero-order valence-electron chi connectivity index (χ0n) is 14.9. The summed E-state index contributed by atoms with van der Waals surface area (Å²) in [6.07, 6.45) is 8.46. The van der Waals surface area contributed by atoms with Gasteiger partial charge in [0.1, 0.15) is 0 Å². The van der Waals surface area contributed by atoms with Crippen LogP contribution in [-0.2, 0) is 4.79 Å². The zero-order chi connectivity index (χ0) is 16.8. The molecule has 1 N–H and O–H groups in total. The van der Waals surface area contributed by atoms with Gasteiger partial charge in [0, 0.05) is 19.0 Å². The van der Waals surface area contributed by atoms with Gasteiger partial charge in [-0.3, -0.25) is 4.79 Å². The summed E-state index contributed by atoms with van der Waals surface area (Å²) in [5, 5.41) is 2.82. The molecule has 128 valence electrons. The van der Waals surface area contributed by atoms with Gasteiger partial charge < -0.3 is 10.2 Å². The van der Waals surface area contributed by atoms with Crippen molar-refractivity contribution in [2.75, 3.05) is 23.3 Å². The first kappa shape index (κ1) is 17.7. The lowest BCUT2D eigenvalue weighted by Crippen LogP contribution is -2.35. The minimum Gasteiger partial charge on any atom is -0.341 e. The maximum absolute atomic E-state index is 11.7. The van der Waals surface area contributed by atoms with Gasteiger partial charge >= 0.3 is 0 Å². The number of nitrogens with one attached hydrogen (secondary N) is 1. The van der Waals surface area contributed by atoms with E-state index >= 15 is 0 Å². The summed E-state index contributed by atoms with van der Waals surface area (Å²) in [5.74, 6) is 2.39. The summed E-state index contributed by atoms with van der Waals surface area (Å²) in [7, 11) is 0. The fourth-order valence-corrected chi connectivity index (χ4v) is 2.94. The fraction of sp³-hybridized carbons (Fsp3) is 0.722. The van der Waals surface area contributed by atoms with Crippen molar-refractivity contribution in [3.63, 3.8) is 0 Å². The average molecular weight is 318 g/mol. The summed E-state index contributed by atoms with van der Waals surface area (Å²) >= 11 is 0. The second-order valence-corrected chi connectivity index (χ2v) is 7.10. The molecule has 1 aromatic rings. The first-order chi connectivity index (χ1) is 11.0. The molecule has 0 spiro atoms. The van der Waals surface area contributed by atoms with Gasteiger partial charge in [-0.05, 0) is 31.1 Å². The number of hydrogen-bond donors (Lipinski definition) is 1. The standard InChI is InChI=1S/C18H30N4O/c1-5-14(4)10-15-6-8-22(9-7-15)18-19-11-16(12-20-18)21-17(23)13(2)3/h11-15H,5-10H2,1-4H3,(H,21,23). The molecular formula is C18H30N4O. The van der Waals surface area contributed by atoms with E-state index in [-0.39, 0.29) is 11.8 Å². The molecule has 2 heterocycles. The van der Waals surface area contributed by atoms with Crippen LogP contribution in [0, 0.1) is 17.8 Å². The van der Waals surface area contributed by atoms with Crippen LogP contribution in [-0.4, -0.2) is 29.0 Å². The van der Waals surface area contributed by atoms with Crippen LogP contribution in [0.2, 0.25) is 0 Å². The smallest absolute Gasteiger partial charge is 0.227 e. The fourth-order valence-electron chi connectivity index (χ4n) is 2.94. The van der Waals surface area contributed by atoms with E-state index in [2.05, 4.69) is 34.0 Å². The summed E-state index contributed by atoms with van der Waals surface area (Å²) in [6.45, 7) is 10.4. The highest BCUT2D eigenvalue weighted by atomic mass is 16.1. The molecule has 2 rings (SSSR count). The molecule has 0 radical (unpaired) electrons. The molecule has 0 aliphatic carbocycles. The zero-order valence-corrected chi connectivity index (χ0v) is 14.9. The Morgan fingerprint density at radius 3 is 2.39 bits per heavy atom. The molecule has 1 unspecified atom stereocenters. The molecule has 0 saturated carbocycles. The summed E-state index contributed by atoms with van der Waals surface area (Å²) in [6, 6.07) is 0. The van der Waals surface area contributed by atoms with Crippen molar-refractivity contribution in [1.82, 2.24) is 9.97 Å². The third-order valence-electron chi connectivity index (χ3n) is 4.76. The normalized spacial score (nSPS) is 17.3. The summed E-state index contributed by atoms with van der Waals surface area (Å²) < 4.78 is 0. The van der Waals surface area contributed by atoms with Crippen LogP contribution in [0.5, 0.6) is 0 Å². The molecule has 1 amide bonds. The van der Waals surface area contributed by atoms with E-state index in [1.807, 2.05) is 13.8 Å². The number of nitrogens with zero attached hydrogens (tertiary/aromatic N) is 3. The Labute approximate surface area is 139 Å². The van der Waals surface area contributed by atoms with Crippen molar-refractivity contribution in [3.8, 4) is 0 Å². The van der Waals surface area contributed by atoms with Crippen LogP contribution < -0.4 is 10.2 Å². The van der Waals surface area contributed by atoms with Crippen molar-refractivity contribution < 1.29 is 4.79 Å². The van der Waals surface area contributed by atoms with Crippen molar-refractivity contribution >= 4 is 17.5 Å². The van der Waals surface area contributed by atoms with Gasteiger partial charge in [-0.15, -0.1) is 0 Å². The Bertz CT molecular complexity index is 492. The highest BCUT2D eigenvalue weighted by Crippen LogP contribution is 2.27. The molecule has 23 heavy (non-hydrogen) atoms. The van der Waals surface area contributed by atoms with Gasteiger partial charge in [-0.1, -0.05) is 34.1 Å². The van der Waals surface area contributed by atoms with Gasteiger partial charge in [-0.2, -0.15) is 0 Å². The van der Waals surface area contributed by atoms with Crippen LogP contribution in [0.15, 0.2) is 12.4 Å². The predicted molar refractivity (Wildman–Crippen MR) is 94.5 cm³/mol. The quantitative estimate of drug-likeness (QED) is 0.868. The Morgan fingerprint density at radius 2 is 1.87 bits per heavy atom. The first-order valence-corrected chi connectivity index (χ1v) is 8.87. The first-order valence-electron chi connectivity index (χ1n) is 8.87. The van der Waals surface area contributed by atoms with E-state index < -0.39 is 0 Å². The van der Waals surface area contributed by atoms with Crippen LogP contribution in [0.25, 0.3) is 0 Å². The maximum Gasteiger partial charge on any atom is 0.227 e. The largest absolute Gasteiger partial charge is 0.341 e. The third-order valence-corrected chi connectivity index (χ3v) is 4.76. The van der Waals surface area contributed by atoms with E-state index in [1.165, 1.54) is 25.7 Å². The Kier molecular flexibility index (Phi) is 6.37. The molecular weight excluding hydrogens is 288 g/mol. The minimum absolute atomic E-state index is 0.00721. The van der Waals surface area contributed by atoms with Crippen molar-refractivity contribution in [1.29, 1.82) is 0 Å².